The molecular weight excluding hydrogens is 246 g/mol. The van der Waals surface area contributed by atoms with Gasteiger partial charge in [0.25, 0.3) is 0 Å². The number of rotatable bonds is 9. The van der Waals surface area contributed by atoms with Crippen LogP contribution in [0.3, 0.4) is 0 Å². The third-order valence-corrected chi connectivity index (χ3v) is 4.54. The highest BCUT2D eigenvalue weighted by atomic mass is 16.2. The summed E-state index contributed by atoms with van der Waals surface area (Å²) in [6.45, 7) is 9.94. The predicted molar refractivity (Wildman–Crippen MR) is 86.8 cm³/mol. The zero-order chi connectivity index (χ0) is 15.0. The number of carbonyl (C=O) groups excluding carboxylic acids is 1. The topological polar surface area (TPSA) is 20.3 Å². The molecule has 0 unspecified atom stereocenters. The van der Waals surface area contributed by atoms with Crippen molar-refractivity contribution in [3.63, 3.8) is 0 Å². The van der Waals surface area contributed by atoms with Gasteiger partial charge in [0.15, 0.2) is 0 Å². The Kier molecular flexibility index (Phi) is 7.61. The molecule has 0 aromatic heterocycles. The minimum Gasteiger partial charge on any atom is -0.339 e. The van der Waals surface area contributed by atoms with Crippen LogP contribution in [0.15, 0.2) is 0 Å². The second-order valence-corrected chi connectivity index (χ2v) is 7.46. The van der Waals surface area contributed by atoms with Crippen LogP contribution in [0, 0.1) is 5.41 Å². The van der Waals surface area contributed by atoms with Gasteiger partial charge in [0.1, 0.15) is 0 Å². The van der Waals surface area contributed by atoms with E-state index >= 15 is 0 Å². The van der Waals surface area contributed by atoms with Crippen molar-refractivity contribution < 1.29 is 4.79 Å². The Labute approximate surface area is 126 Å². The van der Waals surface area contributed by atoms with Gasteiger partial charge in [0, 0.05) is 19.0 Å². The van der Waals surface area contributed by atoms with E-state index in [1.807, 2.05) is 0 Å². The summed E-state index contributed by atoms with van der Waals surface area (Å²) < 4.78 is 0. The number of hydrogen-bond donors (Lipinski definition) is 0. The maximum absolute atomic E-state index is 12.2. The number of likely N-dealkylation sites (tertiary alicyclic amines) is 1. The molecule has 118 valence electrons. The Bertz CT molecular complexity index is 285. The molecule has 0 radical (unpaired) electrons. The molecule has 1 aliphatic heterocycles. The smallest absolute Gasteiger partial charge is 0.222 e. The van der Waals surface area contributed by atoms with Gasteiger partial charge in [0.2, 0.25) is 5.91 Å². The van der Waals surface area contributed by atoms with Crippen LogP contribution < -0.4 is 0 Å². The van der Waals surface area contributed by atoms with E-state index in [9.17, 15) is 4.79 Å². The molecule has 2 nitrogen and oxygen atoms in total. The van der Waals surface area contributed by atoms with Gasteiger partial charge < -0.3 is 4.90 Å². The largest absolute Gasteiger partial charge is 0.339 e. The fraction of sp³-hybridized carbons (Fsp3) is 0.944. The Morgan fingerprint density at radius 1 is 1.05 bits per heavy atom. The van der Waals surface area contributed by atoms with E-state index in [0.717, 1.165) is 25.8 Å². The van der Waals surface area contributed by atoms with Crippen LogP contribution in [-0.4, -0.2) is 23.4 Å². The highest BCUT2D eigenvalue weighted by Gasteiger charge is 2.36. The van der Waals surface area contributed by atoms with Crippen LogP contribution >= 0.6 is 0 Å². The molecule has 1 aliphatic rings. The van der Waals surface area contributed by atoms with Crippen LogP contribution in [0.1, 0.15) is 91.9 Å². The van der Waals surface area contributed by atoms with Crippen LogP contribution in [-0.2, 0) is 4.79 Å². The zero-order valence-corrected chi connectivity index (χ0v) is 14.2. The van der Waals surface area contributed by atoms with E-state index in [1.54, 1.807) is 0 Å². The van der Waals surface area contributed by atoms with Gasteiger partial charge in [-0.2, -0.15) is 0 Å². The minimum atomic E-state index is 0.314. The number of hydrogen-bond acceptors (Lipinski definition) is 1. The molecule has 0 aromatic rings. The molecule has 0 saturated carbocycles. The lowest BCUT2D eigenvalue weighted by atomic mass is 9.91. The fourth-order valence-corrected chi connectivity index (χ4v) is 3.48. The molecule has 1 fully saturated rings. The Balaban J connectivity index is 2.06. The summed E-state index contributed by atoms with van der Waals surface area (Å²) in [5.74, 6) is 0.383. The van der Waals surface area contributed by atoms with Crippen LogP contribution in [0.25, 0.3) is 0 Å². The van der Waals surface area contributed by atoms with Gasteiger partial charge in [-0.25, -0.2) is 0 Å². The lowest BCUT2D eigenvalue weighted by molar-refractivity contribution is -0.132. The van der Waals surface area contributed by atoms with E-state index in [2.05, 4.69) is 32.6 Å². The van der Waals surface area contributed by atoms with Gasteiger partial charge in [-0.05, 0) is 25.2 Å². The number of carbonyl (C=O) groups is 1. The highest BCUT2D eigenvalue weighted by Crippen LogP contribution is 2.34. The highest BCUT2D eigenvalue weighted by molar-refractivity contribution is 5.76. The molecule has 1 rings (SSSR count). The molecule has 0 aromatic carbocycles. The molecule has 0 N–H and O–H groups in total. The molecule has 1 saturated heterocycles. The van der Waals surface area contributed by atoms with E-state index in [4.69, 9.17) is 0 Å². The normalized spacial score (nSPS) is 21.4. The number of nitrogens with zero attached hydrogens (tertiary/aromatic N) is 1. The van der Waals surface area contributed by atoms with Crippen molar-refractivity contribution in [2.45, 2.75) is 97.9 Å². The summed E-state index contributed by atoms with van der Waals surface area (Å²) in [5, 5.41) is 0. The average Bonchev–Trinajstić information content (AvgIpc) is 2.66. The van der Waals surface area contributed by atoms with Crippen molar-refractivity contribution in [3.05, 3.63) is 0 Å². The van der Waals surface area contributed by atoms with Crippen molar-refractivity contribution >= 4 is 5.91 Å². The second kappa shape index (κ2) is 8.69. The summed E-state index contributed by atoms with van der Waals surface area (Å²) in [7, 11) is 0. The number of unbranched alkanes of at least 4 members (excludes halogenated alkanes) is 7. The standard InChI is InChI=1S/C18H35NO/c1-5-6-7-8-9-10-11-12-13-17(20)19-15-18(3,4)14-16(19)2/h16H,5-15H2,1-4H3/t16-/m0/s1. The van der Waals surface area contributed by atoms with Crippen LogP contribution in [0.5, 0.6) is 0 Å². The van der Waals surface area contributed by atoms with E-state index in [-0.39, 0.29) is 0 Å². The SMILES string of the molecule is CCCCCCCCCCC(=O)N1CC(C)(C)C[C@@H]1C. The summed E-state index contributed by atoms with van der Waals surface area (Å²) in [6, 6.07) is 0.437. The molecule has 20 heavy (non-hydrogen) atoms. The van der Waals surface area contributed by atoms with Gasteiger partial charge in [-0.15, -0.1) is 0 Å². The third-order valence-electron chi connectivity index (χ3n) is 4.54. The first-order valence-electron chi connectivity index (χ1n) is 8.76. The molecule has 1 heterocycles. The summed E-state index contributed by atoms with van der Waals surface area (Å²) in [5.41, 5.74) is 0.314. The van der Waals surface area contributed by atoms with Gasteiger partial charge in [-0.1, -0.05) is 65.7 Å². The first kappa shape index (κ1) is 17.5. The van der Waals surface area contributed by atoms with Crippen molar-refractivity contribution in [2.24, 2.45) is 5.41 Å². The Hall–Kier alpha value is -0.530. The Morgan fingerprint density at radius 3 is 2.10 bits per heavy atom. The first-order chi connectivity index (χ1) is 9.46. The van der Waals surface area contributed by atoms with Crippen molar-refractivity contribution in [1.29, 1.82) is 0 Å². The molecular formula is C18H35NO. The quantitative estimate of drug-likeness (QED) is 0.534. The molecule has 1 atom stereocenters. The predicted octanol–water partition coefficient (Wildman–Crippen LogP) is 5.16. The minimum absolute atomic E-state index is 0.314. The molecule has 1 amide bonds. The zero-order valence-electron chi connectivity index (χ0n) is 14.2. The molecule has 0 aliphatic carbocycles. The first-order valence-corrected chi connectivity index (χ1v) is 8.76. The average molecular weight is 281 g/mol. The van der Waals surface area contributed by atoms with Crippen molar-refractivity contribution in [1.82, 2.24) is 4.90 Å². The summed E-state index contributed by atoms with van der Waals surface area (Å²) >= 11 is 0. The fourth-order valence-electron chi connectivity index (χ4n) is 3.48. The number of amides is 1. The van der Waals surface area contributed by atoms with E-state index < -0.39 is 0 Å². The van der Waals surface area contributed by atoms with Crippen molar-refractivity contribution in [2.75, 3.05) is 6.54 Å². The summed E-state index contributed by atoms with van der Waals surface area (Å²) in [6.07, 6.45) is 12.3. The monoisotopic (exact) mass is 281 g/mol. The van der Waals surface area contributed by atoms with Gasteiger partial charge in [0.05, 0.1) is 0 Å². The van der Waals surface area contributed by atoms with E-state index in [0.29, 0.717) is 17.4 Å². The lowest BCUT2D eigenvalue weighted by Crippen LogP contribution is -2.34. The molecule has 0 spiro atoms. The van der Waals surface area contributed by atoms with E-state index in [1.165, 1.54) is 44.9 Å². The maximum atomic E-state index is 12.2. The second-order valence-electron chi connectivity index (χ2n) is 7.46. The maximum Gasteiger partial charge on any atom is 0.222 e. The van der Waals surface area contributed by atoms with Crippen LogP contribution in [0.4, 0.5) is 0 Å². The Morgan fingerprint density at radius 2 is 1.60 bits per heavy atom. The van der Waals surface area contributed by atoms with Gasteiger partial charge in [-0.3, -0.25) is 4.79 Å². The summed E-state index contributed by atoms with van der Waals surface area (Å²) in [4.78, 5) is 14.4. The van der Waals surface area contributed by atoms with Crippen LogP contribution in [0.2, 0.25) is 0 Å². The lowest BCUT2D eigenvalue weighted by Gasteiger charge is -2.22. The van der Waals surface area contributed by atoms with Gasteiger partial charge >= 0.3 is 0 Å². The van der Waals surface area contributed by atoms with Crippen molar-refractivity contribution in [3.8, 4) is 0 Å². The molecule has 0 bridgehead atoms. The third kappa shape index (κ3) is 6.28. The molecule has 2 heteroatoms.